The number of amides is 1. The van der Waals surface area contributed by atoms with Crippen LogP contribution >= 0.6 is 27.3 Å². The summed E-state index contributed by atoms with van der Waals surface area (Å²) in [6.07, 6.45) is 3.98. The Morgan fingerprint density at radius 2 is 1.90 bits per heavy atom. The first-order valence-corrected chi connectivity index (χ1v) is 11.5. The lowest BCUT2D eigenvalue weighted by Crippen LogP contribution is -2.38. The maximum atomic E-state index is 12.8. The number of hydrogen-bond acceptors (Lipinski definition) is 5. The topological polar surface area (TPSA) is 67.4 Å². The minimum atomic E-state index is -0.428. The van der Waals surface area contributed by atoms with Crippen LogP contribution in [-0.2, 0) is 12.8 Å². The Balaban J connectivity index is 1.37. The van der Waals surface area contributed by atoms with E-state index < -0.39 is 5.97 Å². The van der Waals surface area contributed by atoms with Gasteiger partial charge in [0.05, 0.1) is 11.1 Å². The van der Waals surface area contributed by atoms with E-state index in [-0.39, 0.29) is 12.1 Å². The number of benzene rings is 2. The number of carbonyl (C=O) groups excluding carboxylic acids is 2. The lowest BCUT2D eigenvalue weighted by atomic mass is 9.94. The molecule has 1 atom stereocenters. The molecule has 2 aliphatic rings. The second kappa shape index (κ2) is 7.89. The van der Waals surface area contributed by atoms with Crippen molar-refractivity contribution in [1.29, 1.82) is 0 Å². The lowest BCUT2D eigenvalue weighted by Gasteiger charge is -2.27. The van der Waals surface area contributed by atoms with Gasteiger partial charge in [-0.05, 0) is 67.1 Å². The SMILES string of the molecule is O=C(Oc1cccc(C2NC(=O)c3c(sc4c3CCCC4)N2)c1)c1cccc(Br)c1. The highest BCUT2D eigenvalue weighted by molar-refractivity contribution is 9.10. The number of halogens is 1. The molecule has 0 fully saturated rings. The third-order valence-corrected chi connectivity index (χ3v) is 7.13. The summed E-state index contributed by atoms with van der Waals surface area (Å²) in [6.45, 7) is 0. The first-order chi connectivity index (χ1) is 14.6. The summed E-state index contributed by atoms with van der Waals surface area (Å²) in [5.74, 6) is -0.0308. The van der Waals surface area contributed by atoms with Gasteiger partial charge in [0, 0.05) is 9.35 Å². The van der Waals surface area contributed by atoms with Gasteiger partial charge in [-0.15, -0.1) is 11.3 Å². The Morgan fingerprint density at radius 1 is 1.07 bits per heavy atom. The number of aryl methyl sites for hydroxylation is 1. The lowest BCUT2D eigenvalue weighted by molar-refractivity contribution is 0.0734. The standard InChI is InChI=1S/C23H19BrN2O3S/c24-15-7-3-6-14(11-15)23(28)29-16-8-4-5-13(12-16)20-25-21(27)19-17-9-1-2-10-18(17)30-22(19)26-20/h3-8,11-12,20,26H,1-2,9-10H2,(H,25,27). The van der Waals surface area contributed by atoms with Crippen LogP contribution in [0.2, 0.25) is 0 Å². The average Bonchev–Trinajstić information content (AvgIpc) is 3.13. The van der Waals surface area contributed by atoms with Gasteiger partial charge in [0.25, 0.3) is 5.91 Å². The molecule has 1 aromatic heterocycles. The number of nitrogens with one attached hydrogen (secondary N) is 2. The molecule has 3 aromatic rings. The summed E-state index contributed by atoms with van der Waals surface area (Å²) in [4.78, 5) is 26.6. The van der Waals surface area contributed by atoms with Gasteiger partial charge in [0.1, 0.15) is 16.9 Å². The fourth-order valence-electron chi connectivity index (χ4n) is 3.98. The summed E-state index contributed by atoms with van der Waals surface area (Å²) in [5.41, 5.74) is 3.32. The quantitative estimate of drug-likeness (QED) is 0.384. The second-order valence-corrected chi connectivity index (χ2v) is 9.46. The van der Waals surface area contributed by atoms with E-state index in [1.54, 1.807) is 41.7 Å². The van der Waals surface area contributed by atoms with Crippen LogP contribution in [0.3, 0.4) is 0 Å². The molecule has 1 unspecified atom stereocenters. The molecule has 0 saturated heterocycles. The molecule has 5 nitrogen and oxygen atoms in total. The monoisotopic (exact) mass is 482 g/mol. The predicted molar refractivity (Wildman–Crippen MR) is 120 cm³/mol. The van der Waals surface area contributed by atoms with Crippen LogP contribution < -0.4 is 15.4 Å². The van der Waals surface area contributed by atoms with E-state index in [2.05, 4.69) is 26.6 Å². The number of fused-ring (bicyclic) bond motifs is 3. The van der Waals surface area contributed by atoms with Gasteiger partial charge in [-0.1, -0.05) is 34.1 Å². The van der Waals surface area contributed by atoms with Crippen molar-refractivity contribution in [3.8, 4) is 5.75 Å². The fourth-order valence-corrected chi connectivity index (χ4v) is 5.70. The summed E-state index contributed by atoms with van der Waals surface area (Å²) in [7, 11) is 0. The first-order valence-electron chi connectivity index (χ1n) is 9.88. The molecule has 0 radical (unpaired) electrons. The number of anilines is 1. The molecular weight excluding hydrogens is 464 g/mol. The number of esters is 1. The minimum Gasteiger partial charge on any atom is -0.423 e. The Labute approximate surface area is 186 Å². The molecule has 7 heteroatoms. The van der Waals surface area contributed by atoms with Gasteiger partial charge in [-0.25, -0.2) is 4.79 Å². The molecular formula is C23H19BrN2O3S. The third kappa shape index (κ3) is 3.63. The third-order valence-electron chi connectivity index (χ3n) is 5.41. The molecule has 2 N–H and O–H groups in total. The van der Waals surface area contributed by atoms with E-state index in [1.165, 1.54) is 16.9 Å². The van der Waals surface area contributed by atoms with Crippen LogP contribution in [0.4, 0.5) is 5.00 Å². The van der Waals surface area contributed by atoms with Crippen molar-refractivity contribution in [2.45, 2.75) is 31.8 Å². The number of carbonyl (C=O) groups is 2. The van der Waals surface area contributed by atoms with Crippen molar-refractivity contribution in [1.82, 2.24) is 5.32 Å². The molecule has 1 amide bonds. The van der Waals surface area contributed by atoms with Gasteiger partial charge in [0.2, 0.25) is 0 Å². The largest absolute Gasteiger partial charge is 0.423 e. The maximum absolute atomic E-state index is 12.8. The van der Waals surface area contributed by atoms with Gasteiger partial charge < -0.3 is 15.4 Å². The van der Waals surface area contributed by atoms with Crippen LogP contribution in [0, 0.1) is 0 Å². The van der Waals surface area contributed by atoms with E-state index in [4.69, 9.17) is 4.74 Å². The highest BCUT2D eigenvalue weighted by Gasteiger charge is 2.32. The molecule has 152 valence electrons. The van der Waals surface area contributed by atoms with E-state index in [1.807, 2.05) is 18.2 Å². The van der Waals surface area contributed by atoms with E-state index in [9.17, 15) is 9.59 Å². The van der Waals surface area contributed by atoms with E-state index >= 15 is 0 Å². The van der Waals surface area contributed by atoms with Crippen molar-refractivity contribution < 1.29 is 14.3 Å². The number of ether oxygens (including phenoxy) is 1. The first kappa shape index (κ1) is 19.3. The van der Waals surface area contributed by atoms with Gasteiger partial charge in [-0.3, -0.25) is 4.79 Å². The summed E-state index contributed by atoms with van der Waals surface area (Å²) in [5, 5.41) is 7.45. The van der Waals surface area contributed by atoms with Crippen molar-refractivity contribution in [2.24, 2.45) is 0 Å². The summed E-state index contributed by atoms with van der Waals surface area (Å²) >= 11 is 5.06. The zero-order valence-corrected chi connectivity index (χ0v) is 18.4. The van der Waals surface area contributed by atoms with Crippen molar-refractivity contribution >= 4 is 44.1 Å². The normalized spacial score (nSPS) is 17.4. The molecule has 5 rings (SSSR count). The summed E-state index contributed by atoms with van der Waals surface area (Å²) in [6, 6.07) is 14.3. The van der Waals surface area contributed by atoms with Crippen molar-refractivity contribution in [3.05, 3.63) is 80.1 Å². The average molecular weight is 483 g/mol. The van der Waals surface area contributed by atoms with Gasteiger partial charge in [-0.2, -0.15) is 0 Å². The van der Waals surface area contributed by atoms with Crippen LogP contribution in [0.15, 0.2) is 53.0 Å². The smallest absolute Gasteiger partial charge is 0.343 e. The molecule has 0 saturated carbocycles. The molecule has 2 aromatic carbocycles. The van der Waals surface area contributed by atoms with Gasteiger partial charge >= 0.3 is 5.97 Å². The molecule has 30 heavy (non-hydrogen) atoms. The van der Waals surface area contributed by atoms with Crippen LogP contribution in [-0.4, -0.2) is 11.9 Å². The number of hydrogen-bond donors (Lipinski definition) is 2. The van der Waals surface area contributed by atoms with Gasteiger partial charge in [0.15, 0.2) is 0 Å². The highest BCUT2D eigenvalue weighted by Crippen LogP contribution is 2.41. The zero-order valence-electron chi connectivity index (χ0n) is 16.0. The molecule has 0 spiro atoms. The Hall–Kier alpha value is -2.64. The van der Waals surface area contributed by atoms with Crippen LogP contribution in [0.1, 0.15) is 55.7 Å². The van der Waals surface area contributed by atoms with E-state index in [0.717, 1.165) is 39.9 Å². The Bertz CT molecular complexity index is 1160. The van der Waals surface area contributed by atoms with E-state index in [0.29, 0.717) is 11.3 Å². The van der Waals surface area contributed by atoms with Crippen LogP contribution in [0.5, 0.6) is 5.75 Å². The Morgan fingerprint density at radius 3 is 2.77 bits per heavy atom. The second-order valence-electron chi connectivity index (χ2n) is 7.44. The fraction of sp³-hybridized carbons (Fsp3) is 0.217. The number of thiophene rings is 1. The molecule has 2 heterocycles. The van der Waals surface area contributed by atoms with Crippen LogP contribution in [0.25, 0.3) is 0 Å². The number of rotatable bonds is 3. The molecule has 0 bridgehead atoms. The predicted octanol–water partition coefficient (Wildman–Crippen LogP) is 5.46. The highest BCUT2D eigenvalue weighted by atomic mass is 79.9. The van der Waals surface area contributed by atoms with Crippen molar-refractivity contribution in [3.63, 3.8) is 0 Å². The molecule has 1 aliphatic heterocycles. The zero-order chi connectivity index (χ0) is 20.7. The van der Waals surface area contributed by atoms with Crippen molar-refractivity contribution in [2.75, 3.05) is 5.32 Å². The summed E-state index contributed by atoms with van der Waals surface area (Å²) < 4.78 is 6.37. The minimum absolute atomic E-state index is 0.0373. The molecule has 1 aliphatic carbocycles. The maximum Gasteiger partial charge on any atom is 0.343 e. The Kier molecular flexibility index (Phi) is 5.08.